The summed E-state index contributed by atoms with van der Waals surface area (Å²) in [7, 11) is 0. The maximum atomic E-state index is 16.4. The maximum absolute atomic E-state index is 16.4. The molecule has 6 rings (SSSR count). The smallest absolute Gasteiger partial charge is 0.412 e. The standard InChI is InChI=1S/C31H29F2N5O5S/c1-15-11-18-23(17-5-6-21(32)26-24(17)20(13-34)27(44-26)35-29(40)43-31(2,3)4)22(33)12-19-25(18)37(15)8-7-16-14-36(30(41)42)9-10-38(16)28(19)39/h5-6,11-12,16H,7-10,14H2,1-4H3,(H,35,40)(H,41,42)/t16-/m1/s1. The zero-order valence-corrected chi connectivity index (χ0v) is 25.3. The van der Waals surface area contributed by atoms with Gasteiger partial charge >= 0.3 is 12.2 Å². The number of fused-ring (bicyclic) bond motifs is 2. The van der Waals surface area contributed by atoms with Gasteiger partial charge in [0.25, 0.3) is 5.91 Å². The van der Waals surface area contributed by atoms with E-state index >= 15 is 8.78 Å². The van der Waals surface area contributed by atoms with Crippen LogP contribution in [-0.4, -0.2) is 68.8 Å². The maximum Gasteiger partial charge on any atom is 0.412 e. The number of benzene rings is 2. The minimum atomic E-state index is -1.05. The Hall–Kier alpha value is -4.70. The molecule has 3 amide bonds. The zero-order chi connectivity index (χ0) is 31.7. The van der Waals surface area contributed by atoms with Crippen molar-refractivity contribution >= 4 is 55.4 Å². The first-order chi connectivity index (χ1) is 20.8. The normalized spacial score (nSPS) is 16.8. The lowest BCUT2D eigenvalue weighted by Crippen LogP contribution is -2.57. The first kappa shape index (κ1) is 29.4. The second kappa shape index (κ2) is 10.5. The average molecular weight is 622 g/mol. The number of aromatic nitrogens is 1. The van der Waals surface area contributed by atoms with E-state index in [9.17, 15) is 24.8 Å². The van der Waals surface area contributed by atoms with Gasteiger partial charge in [-0.25, -0.2) is 18.4 Å². The van der Waals surface area contributed by atoms with E-state index in [1.807, 2.05) is 17.6 Å². The summed E-state index contributed by atoms with van der Waals surface area (Å²) in [6, 6.07) is 7.23. The van der Waals surface area contributed by atoms with E-state index < -0.39 is 35.3 Å². The first-order valence-corrected chi connectivity index (χ1v) is 14.9. The van der Waals surface area contributed by atoms with E-state index in [0.29, 0.717) is 23.9 Å². The van der Waals surface area contributed by atoms with E-state index in [-0.39, 0.29) is 63.0 Å². The molecule has 13 heteroatoms. The molecule has 4 aromatic rings. The molecule has 228 valence electrons. The molecule has 10 nitrogen and oxygen atoms in total. The summed E-state index contributed by atoms with van der Waals surface area (Å²) in [4.78, 5) is 41.0. The topological polar surface area (TPSA) is 128 Å². The monoisotopic (exact) mass is 621 g/mol. The number of nitriles is 1. The Bertz CT molecular complexity index is 1940. The fourth-order valence-electron chi connectivity index (χ4n) is 6.23. The number of carboxylic acid groups (broad SMARTS) is 1. The Morgan fingerprint density at radius 1 is 1.14 bits per heavy atom. The van der Waals surface area contributed by atoms with Gasteiger partial charge in [0.15, 0.2) is 0 Å². The van der Waals surface area contributed by atoms with Crippen LogP contribution in [0, 0.1) is 29.9 Å². The van der Waals surface area contributed by atoms with Gasteiger partial charge < -0.3 is 24.2 Å². The van der Waals surface area contributed by atoms with Crippen LogP contribution in [0.1, 0.15) is 48.8 Å². The Kier molecular flexibility index (Phi) is 7.00. The van der Waals surface area contributed by atoms with E-state index in [4.69, 9.17) is 4.74 Å². The van der Waals surface area contributed by atoms with Crippen LogP contribution in [0.4, 0.5) is 23.4 Å². The minimum Gasteiger partial charge on any atom is -0.465 e. The zero-order valence-electron chi connectivity index (χ0n) is 24.5. The second-order valence-corrected chi connectivity index (χ2v) is 13.0. The van der Waals surface area contributed by atoms with Crippen LogP contribution in [0.2, 0.25) is 0 Å². The van der Waals surface area contributed by atoms with Crippen molar-refractivity contribution in [3.63, 3.8) is 0 Å². The molecule has 2 aliphatic rings. The third-order valence-corrected chi connectivity index (χ3v) is 9.17. The summed E-state index contributed by atoms with van der Waals surface area (Å²) in [5.41, 5.74) is 0.936. The third kappa shape index (κ3) is 4.79. The molecule has 2 aromatic carbocycles. The van der Waals surface area contributed by atoms with Gasteiger partial charge in [0, 0.05) is 48.2 Å². The van der Waals surface area contributed by atoms with E-state index in [0.717, 1.165) is 17.0 Å². The van der Waals surface area contributed by atoms with Crippen molar-refractivity contribution in [3.05, 3.63) is 52.7 Å². The number of carbonyl (C=O) groups is 3. The number of amides is 3. The summed E-state index contributed by atoms with van der Waals surface area (Å²) in [6.07, 6.45) is -1.37. The molecule has 2 aromatic heterocycles. The Morgan fingerprint density at radius 3 is 2.57 bits per heavy atom. The van der Waals surface area contributed by atoms with Crippen LogP contribution >= 0.6 is 11.3 Å². The number of hydrogen-bond donors (Lipinski definition) is 2. The van der Waals surface area contributed by atoms with Gasteiger partial charge in [-0.1, -0.05) is 6.07 Å². The predicted octanol–water partition coefficient (Wildman–Crippen LogP) is 6.54. The van der Waals surface area contributed by atoms with Crippen molar-refractivity contribution in [2.45, 2.75) is 52.3 Å². The molecule has 1 atom stereocenters. The number of ether oxygens (including phenoxy) is 1. The lowest BCUT2D eigenvalue weighted by atomic mass is 9.93. The number of rotatable bonds is 2. The minimum absolute atomic E-state index is 0.0329. The molecule has 0 saturated carbocycles. The van der Waals surface area contributed by atoms with Gasteiger partial charge in [0.1, 0.15) is 28.3 Å². The summed E-state index contributed by atoms with van der Waals surface area (Å²) in [5, 5.41) is 22.8. The summed E-state index contributed by atoms with van der Waals surface area (Å²) in [6.45, 7) is 7.87. The first-order valence-electron chi connectivity index (χ1n) is 14.1. The number of thiophene rings is 1. The molecule has 0 spiro atoms. The van der Waals surface area contributed by atoms with Crippen molar-refractivity contribution in [3.8, 4) is 17.2 Å². The Morgan fingerprint density at radius 2 is 1.89 bits per heavy atom. The molecule has 1 fully saturated rings. The van der Waals surface area contributed by atoms with Gasteiger partial charge in [-0.2, -0.15) is 5.26 Å². The van der Waals surface area contributed by atoms with E-state index in [2.05, 4.69) is 5.32 Å². The molecule has 1 saturated heterocycles. The van der Waals surface area contributed by atoms with Crippen LogP contribution in [0.25, 0.3) is 32.1 Å². The largest absolute Gasteiger partial charge is 0.465 e. The lowest BCUT2D eigenvalue weighted by molar-refractivity contribution is 0.0419. The lowest BCUT2D eigenvalue weighted by Gasteiger charge is -2.41. The Labute approximate surface area is 255 Å². The van der Waals surface area contributed by atoms with Gasteiger partial charge in [0.05, 0.1) is 27.4 Å². The molecule has 2 aliphatic heterocycles. The highest BCUT2D eigenvalue weighted by Crippen LogP contribution is 2.46. The van der Waals surface area contributed by atoms with Crippen molar-refractivity contribution in [1.82, 2.24) is 14.4 Å². The van der Waals surface area contributed by atoms with Crippen LogP contribution in [0.15, 0.2) is 24.3 Å². The number of anilines is 1. The van der Waals surface area contributed by atoms with Gasteiger partial charge in [-0.05, 0) is 57.9 Å². The molecular formula is C31H29F2N5O5S. The molecule has 2 N–H and O–H groups in total. The number of carbonyl (C=O) groups excluding carboxylic acids is 2. The highest BCUT2D eigenvalue weighted by Gasteiger charge is 2.37. The molecule has 4 heterocycles. The number of halogens is 2. The third-order valence-electron chi connectivity index (χ3n) is 8.06. The van der Waals surface area contributed by atoms with Crippen molar-refractivity contribution < 1.29 is 33.0 Å². The number of piperazine rings is 1. The predicted molar refractivity (Wildman–Crippen MR) is 161 cm³/mol. The van der Waals surface area contributed by atoms with Crippen molar-refractivity contribution in [2.75, 3.05) is 25.0 Å². The van der Waals surface area contributed by atoms with Crippen molar-refractivity contribution in [1.29, 1.82) is 5.26 Å². The number of hydrogen-bond acceptors (Lipinski definition) is 6. The van der Waals surface area contributed by atoms with Crippen LogP contribution in [0.5, 0.6) is 0 Å². The molecule has 0 unspecified atom stereocenters. The number of nitrogens with zero attached hydrogens (tertiary/aromatic N) is 4. The number of nitrogens with one attached hydrogen (secondary N) is 1. The highest BCUT2D eigenvalue weighted by atomic mass is 32.1. The van der Waals surface area contributed by atoms with E-state index in [1.165, 1.54) is 23.1 Å². The van der Waals surface area contributed by atoms with Crippen LogP contribution in [0.3, 0.4) is 0 Å². The SMILES string of the molecule is Cc1cc2c(-c3ccc(F)c4sc(NC(=O)OC(C)(C)C)c(C#N)c34)c(F)cc3c2n1CC[C@@H]1CN(C(=O)O)CCN1C3=O. The fraction of sp³-hybridized carbons (Fsp3) is 0.355. The fourth-order valence-corrected chi connectivity index (χ4v) is 7.29. The summed E-state index contributed by atoms with van der Waals surface area (Å²) >= 11 is 0.854. The Balaban J connectivity index is 1.53. The number of aryl methyl sites for hydroxylation is 2. The summed E-state index contributed by atoms with van der Waals surface area (Å²) < 4.78 is 38.8. The van der Waals surface area contributed by atoms with Gasteiger partial charge in [0.2, 0.25) is 0 Å². The molecular weight excluding hydrogens is 592 g/mol. The molecule has 0 radical (unpaired) electrons. The van der Waals surface area contributed by atoms with Gasteiger partial charge in [-0.15, -0.1) is 11.3 Å². The quantitative estimate of drug-likeness (QED) is 0.262. The molecule has 44 heavy (non-hydrogen) atoms. The van der Waals surface area contributed by atoms with Crippen LogP contribution < -0.4 is 5.32 Å². The van der Waals surface area contributed by atoms with Crippen molar-refractivity contribution in [2.24, 2.45) is 0 Å². The molecule has 0 bridgehead atoms. The van der Waals surface area contributed by atoms with Crippen LogP contribution in [-0.2, 0) is 11.3 Å². The highest BCUT2D eigenvalue weighted by molar-refractivity contribution is 7.23. The van der Waals surface area contributed by atoms with Gasteiger partial charge in [-0.3, -0.25) is 10.1 Å². The molecule has 0 aliphatic carbocycles. The second-order valence-electron chi connectivity index (χ2n) is 12.0. The summed E-state index contributed by atoms with van der Waals surface area (Å²) in [5.74, 6) is -1.76. The average Bonchev–Trinajstić information content (AvgIpc) is 3.47. The van der Waals surface area contributed by atoms with E-state index in [1.54, 1.807) is 31.7 Å².